The number of carbonyl (C=O) groups excluding carboxylic acids is 1. The third-order valence-corrected chi connectivity index (χ3v) is 4.58. The number of esters is 1. The van der Waals surface area contributed by atoms with Gasteiger partial charge in [0.15, 0.2) is 0 Å². The van der Waals surface area contributed by atoms with Crippen LogP contribution in [0, 0.1) is 0 Å². The molecule has 0 bridgehead atoms. The Kier molecular flexibility index (Phi) is 3.83. The van der Waals surface area contributed by atoms with E-state index in [0.717, 1.165) is 30.0 Å². The number of benzene rings is 1. The van der Waals surface area contributed by atoms with Gasteiger partial charge in [-0.3, -0.25) is 4.79 Å². The Balaban J connectivity index is 1.93. The van der Waals surface area contributed by atoms with Crippen LogP contribution in [0.15, 0.2) is 24.3 Å². The van der Waals surface area contributed by atoms with Crippen LogP contribution in [0.5, 0.6) is 0 Å². The van der Waals surface area contributed by atoms with E-state index in [2.05, 4.69) is 24.3 Å². The summed E-state index contributed by atoms with van der Waals surface area (Å²) in [5, 5.41) is 0.866. The Morgan fingerprint density at radius 3 is 3.05 bits per heavy atom. The quantitative estimate of drug-likeness (QED) is 0.812. The highest BCUT2D eigenvalue weighted by molar-refractivity contribution is 7.12. The molecule has 104 valence electrons. The molecule has 0 unspecified atom stereocenters. The van der Waals surface area contributed by atoms with Crippen LogP contribution in [0.2, 0.25) is 0 Å². The van der Waals surface area contributed by atoms with Crippen LogP contribution in [0.1, 0.15) is 28.8 Å². The monoisotopic (exact) mass is 287 g/mol. The minimum atomic E-state index is -0.190. The molecule has 1 aromatic carbocycles. The van der Waals surface area contributed by atoms with Crippen LogP contribution < -0.4 is 0 Å². The van der Waals surface area contributed by atoms with Crippen molar-refractivity contribution in [3.8, 4) is 11.3 Å². The van der Waals surface area contributed by atoms with E-state index in [1.165, 1.54) is 16.0 Å². The van der Waals surface area contributed by atoms with Gasteiger partial charge in [0.05, 0.1) is 18.7 Å². The van der Waals surface area contributed by atoms with Gasteiger partial charge in [-0.2, -0.15) is 0 Å². The minimum Gasteiger partial charge on any atom is -0.466 e. The number of hydrogen-bond donors (Lipinski definition) is 0. The smallest absolute Gasteiger partial charge is 0.312 e. The van der Waals surface area contributed by atoms with E-state index < -0.39 is 0 Å². The summed E-state index contributed by atoms with van der Waals surface area (Å²) in [5.74, 6) is -0.190. The fraction of sp³-hybridized carbons (Fsp3) is 0.375. The second-order valence-corrected chi connectivity index (χ2v) is 6.04. The SMILES string of the molecule is CCOC(=O)Cc1nc2c(s1)CCCc1ccccc1-2. The van der Waals surface area contributed by atoms with Crippen LogP contribution in [0.4, 0.5) is 0 Å². The lowest BCUT2D eigenvalue weighted by Gasteiger charge is -2.03. The van der Waals surface area contributed by atoms with Crippen LogP contribution in [-0.2, 0) is 28.8 Å². The first-order chi connectivity index (χ1) is 9.78. The number of thiazole rings is 1. The third-order valence-electron chi connectivity index (χ3n) is 3.46. The Hall–Kier alpha value is -1.68. The molecular weight excluding hydrogens is 270 g/mol. The summed E-state index contributed by atoms with van der Waals surface area (Å²) in [6.07, 6.45) is 3.58. The number of aryl methyl sites for hydroxylation is 2. The number of ether oxygens (including phenoxy) is 1. The summed E-state index contributed by atoms with van der Waals surface area (Å²) in [6.45, 7) is 2.25. The molecule has 0 saturated carbocycles. The Bertz CT molecular complexity index is 633. The molecule has 2 aromatic rings. The van der Waals surface area contributed by atoms with Crippen LogP contribution in [0.25, 0.3) is 11.3 Å². The van der Waals surface area contributed by atoms with Crippen molar-refractivity contribution in [1.29, 1.82) is 0 Å². The van der Waals surface area contributed by atoms with E-state index in [0.29, 0.717) is 6.61 Å². The minimum absolute atomic E-state index is 0.190. The molecule has 1 aliphatic rings. The van der Waals surface area contributed by atoms with Crippen LogP contribution >= 0.6 is 11.3 Å². The second-order valence-electron chi connectivity index (χ2n) is 4.87. The van der Waals surface area contributed by atoms with E-state index in [1.54, 1.807) is 11.3 Å². The number of nitrogens with zero attached hydrogens (tertiary/aromatic N) is 1. The zero-order chi connectivity index (χ0) is 13.9. The van der Waals surface area contributed by atoms with Gasteiger partial charge in [0.1, 0.15) is 5.01 Å². The summed E-state index contributed by atoms with van der Waals surface area (Å²) in [6, 6.07) is 8.44. The molecule has 0 radical (unpaired) electrons. The van der Waals surface area contributed by atoms with E-state index in [4.69, 9.17) is 9.72 Å². The molecule has 20 heavy (non-hydrogen) atoms. The van der Waals surface area contributed by atoms with Gasteiger partial charge in [-0.1, -0.05) is 24.3 Å². The molecule has 0 atom stereocenters. The van der Waals surface area contributed by atoms with Crippen LogP contribution in [-0.4, -0.2) is 17.6 Å². The molecule has 3 rings (SSSR count). The average molecular weight is 287 g/mol. The first-order valence-electron chi connectivity index (χ1n) is 7.00. The normalized spacial score (nSPS) is 13.2. The molecule has 1 aromatic heterocycles. The highest BCUT2D eigenvalue weighted by Crippen LogP contribution is 2.35. The molecule has 0 amide bonds. The number of carbonyl (C=O) groups is 1. The predicted octanol–water partition coefficient (Wildman–Crippen LogP) is 3.40. The molecule has 3 nitrogen and oxygen atoms in total. The Labute approximate surface area is 122 Å². The number of aromatic nitrogens is 1. The number of fused-ring (bicyclic) bond motifs is 3. The fourth-order valence-corrected chi connectivity index (χ4v) is 3.71. The van der Waals surface area contributed by atoms with Crippen molar-refractivity contribution in [2.45, 2.75) is 32.6 Å². The van der Waals surface area contributed by atoms with Crippen molar-refractivity contribution in [1.82, 2.24) is 4.98 Å². The Morgan fingerprint density at radius 1 is 1.35 bits per heavy atom. The van der Waals surface area contributed by atoms with Gasteiger partial charge in [0.25, 0.3) is 0 Å². The topological polar surface area (TPSA) is 39.2 Å². The lowest BCUT2D eigenvalue weighted by molar-refractivity contribution is -0.142. The average Bonchev–Trinajstić information content (AvgIpc) is 2.74. The molecule has 0 fully saturated rings. The molecule has 0 spiro atoms. The van der Waals surface area contributed by atoms with E-state index >= 15 is 0 Å². The van der Waals surface area contributed by atoms with Crippen molar-refractivity contribution >= 4 is 17.3 Å². The number of rotatable bonds is 3. The van der Waals surface area contributed by atoms with Crippen molar-refractivity contribution in [3.05, 3.63) is 39.7 Å². The van der Waals surface area contributed by atoms with Crippen LogP contribution in [0.3, 0.4) is 0 Å². The maximum atomic E-state index is 11.6. The molecule has 1 heterocycles. The van der Waals surface area contributed by atoms with Gasteiger partial charge < -0.3 is 4.74 Å². The lowest BCUT2D eigenvalue weighted by atomic mass is 10.0. The molecule has 1 aliphatic carbocycles. The highest BCUT2D eigenvalue weighted by Gasteiger charge is 2.20. The lowest BCUT2D eigenvalue weighted by Crippen LogP contribution is -2.07. The summed E-state index contributed by atoms with van der Waals surface area (Å²) in [4.78, 5) is 17.6. The van der Waals surface area contributed by atoms with Gasteiger partial charge >= 0.3 is 5.97 Å². The van der Waals surface area contributed by atoms with E-state index in [1.807, 2.05) is 6.92 Å². The summed E-state index contributed by atoms with van der Waals surface area (Å²) in [7, 11) is 0. The highest BCUT2D eigenvalue weighted by atomic mass is 32.1. The van der Waals surface area contributed by atoms with Gasteiger partial charge in [-0.25, -0.2) is 4.98 Å². The standard InChI is InChI=1S/C16H17NO2S/c1-2-19-15(18)10-14-17-16-12-8-4-3-6-11(12)7-5-9-13(16)20-14/h3-4,6,8H,2,5,7,9-10H2,1H3. The molecular formula is C16H17NO2S. The molecule has 4 heteroatoms. The fourth-order valence-electron chi connectivity index (χ4n) is 2.60. The molecule has 0 N–H and O–H groups in total. The Morgan fingerprint density at radius 2 is 2.20 bits per heavy atom. The van der Waals surface area contributed by atoms with Gasteiger partial charge in [0.2, 0.25) is 0 Å². The largest absolute Gasteiger partial charge is 0.466 e. The molecule has 0 aliphatic heterocycles. The zero-order valence-electron chi connectivity index (χ0n) is 11.5. The summed E-state index contributed by atoms with van der Waals surface area (Å²) >= 11 is 1.65. The maximum absolute atomic E-state index is 11.6. The van der Waals surface area contributed by atoms with Gasteiger partial charge in [-0.05, 0) is 31.7 Å². The van der Waals surface area contributed by atoms with Crippen molar-refractivity contribution in [2.75, 3.05) is 6.61 Å². The predicted molar refractivity (Wildman–Crippen MR) is 79.9 cm³/mol. The number of hydrogen-bond acceptors (Lipinski definition) is 4. The molecule has 0 saturated heterocycles. The summed E-state index contributed by atoms with van der Waals surface area (Å²) in [5.41, 5.74) is 3.66. The first-order valence-corrected chi connectivity index (χ1v) is 7.82. The van der Waals surface area contributed by atoms with Crippen molar-refractivity contribution in [2.24, 2.45) is 0 Å². The third kappa shape index (κ3) is 2.61. The van der Waals surface area contributed by atoms with E-state index in [-0.39, 0.29) is 12.4 Å². The second kappa shape index (κ2) is 5.75. The first kappa shape index (κ1) is 13.3. The van der Waals surface area contributed by atoms with Gasteiger partial charge in [0, 0.05) is 10.4 Å². The maximum Gasteiger partial charge on any atom is 0.312 e. The zero-order valence-corrected chi connectivity index (χ0v) is 12.3. The van der Waals surface area contributed by atoms with E-state index in [9.17, 15) is 4.79 Å². The van der Waals surface area contributed by atoms with Crippen molar-refractivity contribution < 1.29 is 9.53 Å². The van der Waals surface area contributed by atoms with Gasteiger partial charge in [-0.15, -0.1) is 11.3 Å². The summed E-state index contributed by atoms with van der Waals surface area (Å²) < 4.78 is 5.00. The van der Waals surface area contributed by atoms with Crippen molar-refractivity contribution in [3.63, 3.8) is 0 Å².